The van der Waals surface area contributed by atoms with Gasteiger partial charge in [0.05, 0.1) is 17.4 Å². The van der Waals surface area contributed by atoms with Gasteiger partial charge >= 0.3 is 0 Å². The molecule has 0 N–H and O–H groups in total. The smallest absolute Gasteiger partial charge is 0.125 e. The van der Waals surface area contributed by atoms with Crippen molar-refractivity contribution in [2.45, 2.75) is 38.9 Å². The van der Waals surface area contributed by atoms with Crippen LogP contribution >= 0.6 is 0 Å². The molecule has 1 saturated heterocycles. The van der Waals surface area contributed by atoms with Crippen molar-refractivity contribution in [2.24, 2.45) is 7.05 Å². The van der Waals surface area contributed by atoms with E-state index in [0.717, 1.165) is 31.9 Å². The van der Waals surface area contributed by atoms with Gasteiger partial charge in [-0.3, -0.25) is 9.58 Å². The van der Waals surface area contributed by atoms with E-state index in [9.17, 15) is 0 Å². The van der Waals surface area contributed by atoms with Crippen molar-refractivity contribution in [3.05, 3.63) is 41.2 Å². The van der Waals surface area contributed by atoms with Crippen LogP contribution in [-0.2, 0) is 20.1 Å². The lowest BCUT2D eigenvalue weighted by molar-refractivity contribution is 0.235. The van der Waals surface area contributed by atoms with Gasteiger partial charge in [-0.15, -0.1) is 0 Å². The summed E-state index contributed by atoms with van der Waals surface area (Å²) < 4.78 is 1.96. The molecule has 0 spiro atoms. The van der Waals surface area contributed by atoms with E-state index < -0.39 is 0 Å². The Morgan fingerprint density at radius 2 is 2.17 bits per heavy atom. The van der Waals surface area contributed by atoms with E-state index in [1.807, 2.05) is 31.0 Å². The molecule has 0 bridgehead atoms. The van der Waals surface area contributed by atoms with Crippen molar-refractivity contribution < 1.29 is 0 Å². The average molecular weight is 314 g/mol. The van der Waals surface area contributed by atoms with Crippen LogP contribution in [-0.4, -0.2) is 50.2 Å². The highest BCUT2D eigenvalue weighted by Crippen LogP contribution is 2.34. The molecule has 0 radical (unpaired) electrons. The number of aryl methyl sites for hydroxylation is 2. The Morgan fingerprint density at radius 1 is 1.35 bits per heavy atom. The third-order valence-corrected chi connectivity index (χ3v) is 4.47. The minimum absolute atomic E-state index is 0.376. The Hall–Kier alpha value is -1.79. The van der Waals surface area contributed by atoms with Gasteiger partial charge in [-0.2, -0.15) is 5.10 Å². The molecule has 3 heterocycles. The Labute approximate surface area is 138 Å². The van der Waals surface area contributed by atoms with Crippen LogP contribution in [0.15, 0.2) is 18.5 Å². The van der Waals surface area contributed by atoms with Crippen LogP contribution in [0.1, 0.15) is 41.7 Å². The zero-order valence-electron chi connectivity index (χ0n) is 14.5. The first-order valence-corrected chi connectivity index (χ1v) is 8.22. The molecule has 2 aromatic rings. The number of aromatic nitrogens is 4. The summed E-state index contributed by atoms with van der Waals surface area (Å²) in [6, 6.07) is 2.47. The third-order valence-electron chi connectivity index (χ3n) is 4.47. The van der Waals surface area contributed by atoms with Gasteiger partial charge < -0.3 is 4.90 Å². The molecule has 2 aromatic heterocycles. The fourth-order valence-corrected chi connectivity index (χ4v) is 3.35. The first-order valence-electron chi connectivity index (χ1n) is 8.22. The van der Waals surface area contributed by atoms with E-state index in [1.165, 1.54) is 23.4 Å². The summed E-state index contributed by atoms with van der Waals surface area (Å²) in [6.45, 7) is 4.89. The van der Waals surface area contributed by atoms with Crippen LogP contribution in [0.25, 0.3) is 0 Å². The van der Waals surface area contributed by atoms with Gasteiger partial charge in [-0.1, -0.05) is 0 Å². The highest BCUT2D eigenvalue weighted by atomic mass is 15.3. The number of rotatable bonds is 5. The molecule has 3 rings (SSSR count). The van der Waals surface area contributed by atoms with Crippen LogP contribution in [0.5, 0.6) is 0 Å². The summed E-state index contributed by atoms with van der Waals surface area (Å²) in [4.78, 5) is 13.9. The standard InChI is InChI=1S/C17H26N6/c1-13-18-10-14(11-21(2)3)17(20-13)16-6-5-9-23(16)12-15-7-8-19-22(15)4/h7-8,10,16H,5-6,9,11-12H2,1-4H3/t16-/m0/s1. The summed E-state index contributed by atoms with van der Waals surface area (Å²) >= 11 is 0. The van der Waals surface area contributed by atoms with E-state index in [2.05, 4.69) is 40.0 Å². The Balaban J connectivity index is 1.87. The predicted octanol–water partition coefficient (Wildman–Crippen LogP) is 1.92. The Bertz CT molecular complexity index is 663. The zero-order chi connectivity index (χ0) is 16.4. The van der Waals surface area contributed by atoms with Gasteiger partial charge in [-0.25, -0.2) is 9.97 Å². The molecule has 0 saturated carbocycles. The van der Waals surface area contributed by atoms with Gasteiger partial charge in [0.25, 0.3) is 0 Å². The highest BCUT2D eigenvalue weighted by molar-refractivity contribution is 5.22. The molecule has 0 unspecified atom stereocenters. The fraction of sp³-hybridized carbons (Fsp3) is 0.588. The molecule has 0 aromatic carbocycles. The van der Waals surface area contributed by atoms with Crippen molar-refractivity contribution in [3.8, 4) is 0 Å². The summed E-state index contributed by atoms with van der Waals surface area (Å²) in [5.74, 6) is 0.856. The molecule has 0 amide bonds. The van der Waals surface area contributed by atoms with Gasteiger partial charge in [0.1, 0.15) is 5.82 Å². The number of hydrogen-bond acceptors (Lipinski definition) is 5. The normalized spacial score (nSPS) is 18.9. The second-order valence-corrected chi connectivity index (χ2v) is 6.64. The van der Waals surface area contributed by atoms with Crippen molar-refractivity contribution in [3.63, 3.8) is 0 Å². The summed E-state index contributed by atoms with van der Waals surface area (Å²) in [7, 11) is 6.18. The lowest BCUT2D eigenvalue weighted by Crippen LogP contribution is -2.26. The quantitative estimate of drug-likeness (QED) is 0.844. The number of hydrogen-bond donors (Lipinski definition) is 0. The number of likely N-dealkylation sites (tertiary alicyclic amines) is 1. The summed E-state index contributed by atoms with van der Waals surface area (Å²) in [5.41, 5.74) is 3.69. The maximum atomic E-state index is 4.81. The van der Waals surface area contributed by atoms with E-state index >= 15 is 0 Å². The minimum Gasteiger partial charge on any atom is -0.305 e. The molecular formula is C17H26N6. The molecular weight excluding hydrogens is 288 g/mol. The predicted molar refractivity (Wildman–Crippen MR) is 89.8 cm³/mol. The molecule has 1 fully saturated rings. The molecule has 6 nitrogen and oxygen atoms in total. The van der Waals surface area contributed by atoms with Crippen molar-refractivity contribution >= 4 is 0 Å². The fourth-order valence-electron chi connectivity index (χ4n) is 3.35. The molecule has 124 valence electrons. The average Bonchev–Trinajstić information content (AvgIpc) is 3.11. The molecule has 23 heavy (non-hydrogen) atoms. The monoisotopic (exact) mass is 314 g/mol. The van der Waals surface area contributed by atoms with Crippen molar-refractivity contribution in [2.75, 3.05) is 20.6 Å². The molecule has 1 atom stereocenters. The second kappa shape index (κ2) is 6.76. The van der Waals surface area contributed by atoms with Crippen LogP contribution in [0.4, 0.5) is 0 Å². The first kappa shape index (κ1) is 16.1. The van der Waals surface area contributed by atoms with Crippen LogP contribution in [0.2, 0.25) is 0 Å². The highest BCUT2D eigenvalue weighted by Gasteiger charge is 2.29. The van der Waals surface area contributed by atoms with Gasteiger partial charge in [0.2, 0.25) is 0 Å². The van der Waals surface area contributed by atoms with Crippen LogP contribution < -0.4 is 0 Å². The molecule has 1 aliphatic rings. The maximum Gasteiger partial charge on any atom is 0.125 e. The Kier molecular flexibility index (Phi) is 4.73. The summed E-state index contributed by atoms with van der Waals surface area (Å²) in [6.07, 6.45) is 6.24. The minimum atomic E-state index is 0.376. The summed E-state index contributed by atoms with van der Waals surface area (Å²) in [5, 5.41) is 4.29. The second-order valence-electron chi connectivity index (χ2n) is 6.64. The third kappa shape index (κ3) is 3.59. The van der Waals surface area contributed by atoms with Gasteiger partial charge in [0.15, 0.2) is 0 Å². The first-order chi connectivity index (χ1) is 11.0. The lowest BCUT2D eigenvalue weighted by Gasteiger charge is -2.26. The van der Waals surface area contributed by atoms with E-state index in [-0.39, 0.29) is 0 Å². The molecule has 0 aliphatic carbocycles. The lowest BCUT2D eigenvalue weighted by atomic mass is 10.1. The number of nitrogens with zero attached hydrogens (tertiary/aromatic N) is 6. The van der Waals surface area contributed by atoms with E-state index in [0.29, 0.717) is 6.04 Å². The zero-order valence-corrected chi connectivity index (χ0v) is 14.5. The SMILES string of the molecule is Cc1ncc(CN(C)C)c([C@@H]2CCCN2Cc2ccnn2C)n1. The van der Waals surface area contributed by atoms with Crippen LogP contribution in [0, 0.1) is 6.92 Å². The topological polar surface area (TPSA) is 50.1 Å². The Morgan fingerprint density at radius 3 is 2.87 bits per heavy atom. The van der Waals surface area contributed by atoms with Crippen molar-refractivity contribution in [1.29, 1.82) is 0 Å². The van der Waals surface area contributed by atoms with Crippen LogP contribution in [0.3, 0.4) is 0 Å². The molecule has 6 heteroatoms. The maximum absolute atomic E-state index is 4.81. The largest absolute Gasteiger partial charge is 0.305 e. The molecule has 1 aliphatic heterocycles. The van der Waals surface area contributed by atoms with Crippen molar-refractivity contribution in [1.82, 2.24) is 29.5 Å². The van der Waals surface area contributed by atoms with Gasteiger partial charge in [0, 0.05) is 38.1 Å². The van der Waals surface area contributed by atoms with E-state index in [1.54, 1.807) is 0 Å². The van der Waals surface area contributed by atoms with E-state index in [4.69, 9.17) is 4.98 Å². The van der Waals surface area contributed by atoms with Gasteiger partial charge in [-0.05, 0) is 46.5 Å².